The highest BCUT2D eigenvalue weighted by atomic mass is 32.1. The predicted octanol–water partition coefficient (Wildman–Crippen LogP) is 2.91. The van der Waals surface area contributed by atoms with Gasteiger partial charge in [-0.2, -0.15) is 0 Å². The van der Waals surface area contributed by atoms with Gasteiger partial charge in [0, 0.05) is 6.92 Å². The van der Waals surface area contributed by atoms with E-state index < -0.39 is 18.0 Å². The number of hydrogen-bond donors (Lipinski definition) is 0. The third-order valence-electron chi connectivity index (χ3n) is 5.74. The van der Waals surface area contributed by atoms with E-state index in [0.717, 1.165) is 0 Å². The van der Waals surface area contributed by atoms with E-state index in [9.17, 15) is 14.4 Å². The van der Waals surface area contributed by atoms with Crippen molar-refractivity contribution < 1.29 is 28.5 Å². The van der Waals surface area contributed by atoms with Crippen LogP contribution in [0, 0.1) is 0 Å². The monoisotopic (exact) mass is 534 g/mol. The summed E-state index contributed by atoms with van der Waals surface area (Å²) < 4.78 is 23.0. The summed E-state index contributed by atoms with van der Waals surface area (Å²) in [6, 6.07) is 11.4. The molecule has 0 saturated carbocycles. The molecular weight excluding hydrogens is 508 g/mol. The number of nitrogens with zero attached hydrogens (tertiary/aromatic N) is 2. The lowest BCUT2D eigenvalue weighted by Crippen LogP contribution is -2.39. The number of benzene rings is 2. The first kappa shape index (κ1) is 26.6. The van der Waals surface area contributed by atoms with Crippen LogP contribution in [0.4, 0.5) is 0 Å². The van der Waals surface area contributed by atoms with Gasteiger partial charge < -0.3 is 18.9 Å². The predicted molar refractivity (Wildman–Crippen MR) is 142 cm³/mol. The van der Waals surface area contributed by atoms with E-state index in [1.165, 1.54) is 36.0 Å². The standard InChI is InChI=1S/C28H26N2O7S/c1-6-13-36-27(33)24-16(2)29-28-30(25(24)19-8-10-20(34-4)11-9-19)26(32)23(38-28)15-18-7-12-21(37-17(3)31)22(14-18)35-5/h6-12,14-15,25H,1,13H2,2-5H3/b23-15+. The molecule has 0 bridgehead atoms. The summed E-state index contributed by atoms with van der Waals surface area (Å²) in [6.45, 7) is 6.65. The topological polar surface area (TPSA) is 105 Å². The second kappa shape index (κ2) is 11.3. The molecule has 1 aliphatic rings. The molecule has 3 aromatic rings. The molecule has 1 aromatic heterocycles. The van der Waals surface area contributed by atoms with Gasteiger partial charge in [-0.15, -0.1) is 0 Å². The molecule has 0 radical (unpaired) electrons. The number of esters is 2. The summed E-state index contributed by atoms with van der Waals surface area (Å²) in [7, 11) is 3.03. The Hall–Kier alpha value is -4.44. The molecule has 1 atom stereocenters. The zero-order valence-electron chi connectivity index (χ0n) is 21.3. The van der Waals surface area contributed by atoms with E-state index in [-0.39, 0.29) is 23.5 Å². The summed E-state index contributed by atoms with van der Waals surface area (Å²) in [4.78, 5) is 43.2. The van der Waals surface area contributed by atoms with Crippen LogP contribution in [0.15, 0.2) is 76.2 Å². The highest BCUT2D eigenvalue weighted by Gasteiger charge is 2.33. The maximum atomic E-state index is 13.7. The molecule has 2 heterocycles. The second-order valence-electron chi connectivity index (χ2n) is 8.25. The SMILES string of the molecule is C=CCOC(=O)C1=C(C)N=c2s/c(=C/c3ccc(OC(C)=O)c(OC)c3)c(=O)n2C1c1ccc(OC)cc1. The summed E-state index contributed by atoms with van der Waals surface area (Å²) >= 11 is 1.20. The molecule has 10 heteroatoms. The van der Waals surface area contributed by atoms with Gasteiger partial charge in [0.25, 0.3) is 5.56 Å². The largest absolute Gasteiger partial charge is 0.497 e. The molecule has 196 valence electrons. The number of fused-ring (bicyclic) bond motifs is 1. The fraction of sp³-hybridized carbons (Fsp3) is 0.214. The first-order chi connectivity index (χ1) is 18.3. The van der Waals surface area contributed by atoms with Gasteiger partial charge in [-0.25, -0.2) is 9.79 Å². The molecule has 0 saturated heterocycles. The first-order valence-electron chi connectivity index (χ1n) is 11.6. The fourth-order valence-corrected chi connectivity index (χ4v) is 5.11. The molecule has 0 amide bonds. The number of thiazole rings is 1. The van der Waals surface area contributed by atoms with Crippen molar-refractivity contribution in [2.45, 2.75) is 19.9 Å². The van der Waals surface area contributed by atoms with E-state index in [1.807, 2.05) is 0 Å². The van der Waals surface area contributed by atoms with Gasteiger partial charge in [-0.3, -0.25) is 14.2 Å². The number of carbonyl (C=O) groups is 2. The Balaban J connectivity index is 1.87. The lowest BCUT2D eigenvalue weighted by Gasteiger charge is -2.24. The second-order valence-corrected chi connectivity index (χ2v) is 9.26. The molecule has 0 aliphatic carbocycles. The number of hydrogen-bond acceptors (Lipinski definition) is 9. The van der Waals surface area contributed by atoms with Crippen molar-refractivity contribution in [1.29, 1.82) is 0 Å². The average Bonchev–Trinajstić information content (AvgIpc) is 3.21. The van der Waals surface area contributed by atoms with Gasteiger partial charge in [-0.1, -0.05) is 42.2 Å². The van der Waals surface area contributed by atoms with Crippen LogP contribution in [-0.4, -0.2) is 37.3 Å². The zero-order chi connectivity index (χ0) is 27.4. The van der Waals surface area contributed by atoms with E-state index >= 15 is 0 Å². The Kier molecular flexibility index (Phi) is 7.92. The number of methoxy groups -OCH3 is 2. The van der Waals surface area contributed by atoms with Crippen LogP contribution in [0.3, 0.4) is 0 Å². The van der Waals surface area contributed by atoms with Crippen LogP contribution < -0.4 is 29.1 Å². The summed E-state index contributed by atoms with van der Waals surface area (Å²) in [5, 5.41) is 0. The van der Waals surface area contributed by atoms with Gasteiger partial charge in [0.05, 0.1) is 36.1 Å². The fourth-order valence-electron chi connectivity index (χ4n) is 4.06. The van der Waals surface area contributed by atoms with Crippen LogP contribution in [0.25, 0.3) is 6.08 Å². The third kappa shape index (κ3) is 5.30. The van der Waals surface area contributed by atoms with Gasteiger partial charge in [-0.05, 0) is 48.4 Å². The molecule has 0 spiro atoms. The van der Waals surface area contributed by atoms with Gasteiger partial charge in [0.2, 0.25) is 0 Å². The Morgan fingerprint density at radius 3 is 2.47 bits per heavy atom. The van der Waals surface area contributed by atoms with Gasteiger partial charge >= 0.3 is 11.9 Å². The number of carbonyl (C=O) groups excluding carboxylic acids is 2. The zero-order valence-corrected chi connectivity index (χ0v) is 22.2. The maximum Gasteiger partial charge on any atom is 0.338 e. The normalized spacial score (nSPS) is 14.8. The van der Waals surface area contributed by atoms with Crippen molar-refractivity contribution in [3.8, 4) is 17.2 Å². The number of rotatable bonds is 8. The number of ether oxygens (including phenoxy) is 4. The Bertz CT molecular complexity index is 1610. The van der Waals surface area contributed by atoms with Crippen LogP contribution in [0.2, 0.25) is 0 Å². The maximum absolute atomic E-state index is 13.7. The lowest BCUT2D eigenvalue weighted by molar-refractivity contribution is -0.138. The molecule has 0 fully saturated rings. The number of allylic oxidation sites excluding steroid dienone is 1. The molecule has 0 N–H and O–H groups in total. The summed E-state index contributed by atoms with van der Waals surface area (Å²) in [6.07, 6.45) is 3.18. The van der Waals surface area contributed by atoms with Crippen molar-refractivity contribution in [1.82, 2.24) is 4.57 Å². The number of aromatic nitrogens is 1. The molecule has 1 unspecified atom stereocenters. The summed E-state index contributed by atoms with van der Waals surface area (Å²) in [5.74, 6) is 0.217. The van der Waals surface area contributed by atoms with E-state index in [2.05, 4.69) is 11.6 Å². The molecular formula is C28H26N2O7S. The van der Waals surface area contributed by atoms with Crippen LogP contribution >= 0.6 is 11.3 Å². The van der Waals surface area contributed by atoms with Gasteiger partial charge in [0.15, 0.2) is 16.3 Å². The van der Waals surface area contributed by atoms with E-state index in [1.54, 1.807) is 62.6 Å². The summed E-state index contributed by atoms with van der Waals surface area (Å²) in [5.41, 5.74) is 1.76. The first-order valence-corrected chi connectivity index (χ1v) is 12.4. The molecule has 38 heavy (non-hydrogen) atoms. The minimum atomic E-state index is -0.752. The van der Waals surface area contributed by atoms with Crippen LogP contribution in [0.5, 0.6) is 17.2 Å². The molecule has 4 rings (SSSR count). The molecule has 1 aliphatic heterocycles. The quantitative estimate of drug-likeness (QED) is 0.249. The lowest BCUT2D eigenvalue weighted by atomic mass is 9.96. The Labute approximate surface area is 222 Å². The van der Waals surface area contributed by atoms with E-state index in [0.29, 0.717) is 37.7 Å². The van der Waals surface area contributed by atoms with Gasteiger partial charge in [0.1, 0.15) is 12.4 Å². The highest BCUT2D eigenvalue weighted by molar-refractivity contribution is 7.07. The van der Waals surface area contributed by atoms with Crippen molar-refractivity contribution in [3.63, 3.8) is 0 Å². The minimum absolute atomic E-state index is 0.0283. The van der Waals surface area contributed by atoms with Crippen molar-refractivity contribution in [2.24, 2.45) is 4.99 Å². The van der Waals surface area contributed by atoms with Crippen molar-refractivity contribution in [2.75, 3.05) is 20.8 Å². The van der Waals surface area contributed by atoms with Crippen molar-refractivity contribution >= 4 is 29.4 Å². The third-order valence-corrected chi connectivity index (χ3v) is 6.73. The van der Waals surface area contributed by atoms with Crippen molar-refractivity contribution in [3.05, 3.63) is 97.2 Å². The minimum Gasteiger partial charge on any atom is -0.497 e. The van der Waals surface area contributed by atoms with Crippen LogP contribution in [-0.2, 0) is 14.3 Å². The van der Waals surface area contributed by atoms with E-state index in [4.69, 9.17) is 18.9 Å². The smallest absolute Gasteiger partial charge is 0.338 e. The average molecular weight is 535 g/mol. The Morgan fingerprint density at radius 1 is 1.11 bits per heavy atom. The Morgan fingerprint density at radius 2 is 1.84 bits per heavy atom. The van der Waals surface area contributed by atoms with Crippen LogP contribution in [0.1, 0.15) is 31.0 Å². The highest BCUT2D eigenvalue weighted by Crippen LogP contribution is 2.32. The molecule has 9 nitrogen and oxygen atoms in total. The molecule has 2 aromatic carbocycles.